The highest BCUT2D eigenvalue weighted by molar-refractivity contribution is 7.22. The molecule has 4 heterocycles. The Bertz CT molecular complexity index is 792. The molecule has 2 saturated heterocycles. The van der Waals surface area contributed by atoms with Crippen molar-refractivity contribution >= 4 is 38.3 Å². The predicted octanol–water partition coefficient (Wildman–Crippen LogP) is 1.40. The number of aliphatic hydroxyl groups is 1. The Morgan fingerprint density at radius 3 is 2.80 bits per heavy atom. The van der Waals surface area contributed by atoms with Crippen LogP contribution in [0.4, 0.5) is 16.6 Å². The van der Waals surface area contributed by atoms with Crippen LogP contribution in [-0.2, 0) is 4.74 Å². The SMILES string of the molecule is O=[N+]([O-])c1cc2sc(N3CCOCC3)nc2nc1N1CCCC(O)C1. The Morgan fingerprint density at radius 2 is 2.08 bits per heavy atom. The maximum atomic E-state index is 11.5. The second-order valence-electron chi connectivity index (χ2n) is 6.25. The number of fused-ring (bicyclic) bond motifs is 1. The summed E-state index contributed by atoms with van der Waals surface area (Å²) in [7, 11) is 0. The minimum absolute atomic E-state index is 0.0289. The van der Waals surface area contributed by atoms with Gasteiger partial charge in [0.05, 0.1) is 28.9 Å². The van der Waals surface area contributed by atoms with E-state index in [9.17, 15) is 15.2 Å². The molecule has 25 heavy (non-hydrogen) atoms. The van der Waals surface area contributed by atoms with E-state index < -0.39 is 11.0 Å². The van der Waals surface area contributed by atoms with Crippen LogP contribution >= 0.6 is 11.3 Å². The highest BCUT2D eigenvalue weighted by Gasteiger charge is 2.28. The first kappa shape index (κ1) is 16.4. The Kier molecular flexibility index (Phi) is 4.40. The third-order valence-corrected chi connectivity index (χ3v) is 5.56. The lowest BCUT2D eigenvalue weighted by Crippen LogP contribution is -2.39. The van der Waals surface area contributed by atoms with Crippen molar-refractivity contribution in [3.8, 4) is 0 Å². The van der Waals surface area contributed by atoms with Gasteiger partial charge in [-0.1, -0.05) is 11.3 Å². The molecule has 0 amide bonds. The summed E-state index contributed by atoms with van der Waals surface area (Å²) in [5, 5.41) is 22.2. The monoisotopic (exact) mass is 365 g/mol. The van der Waals surface area contributed by atoms with Gasteiger partial charge in [0, 0.05) is 32.2 Å². The number of morpholine rings is 1. The van der Waals surface area contributed by atoms with Crippen LogP contribution in [0.5, 0.6) is 0 Å². The summed E-state index contributed by atoms with van der Waals surface area (Å²) in [5.41, 5.74) is 0.492. The van der Waals surface area contributed by atoms with E-state index in [1.165, 1.54) is 11.3 Å². The highest BCUT2D eigenvalue weighted by Crippen LogP contribution is 2.36. The molecule has 0 bridgehead atoms. The van der Waals surface area contributed by atoms with Gasteiger partial charge in [0.1, 0.15) is 0 Å². The number of aromatic nitrogens is 2. The first-order valence-electron chi connectivity index (χ1n) is 8.33. The molecule has 2 aliphatic rings. The molecule has 2 aliphatic heterocycles. The van der Waals surface area contributed by atoms with Crippen LogP contribution in [0.15, 0.2) is 6.07 Å². The fraction of sp³-hybridized carbons (Fsp3) is 0.600. The average molecular weight is 365 g/mol. The summed E-state index contributed by atoms with van der Waals surface area (Å²) < 4.78 is 6.06. The van der Waals surface area contributed by atoms with Crippen molar-refractivity contribution in [2.24, 2.45) is 0 Å². The minimum Gasteiger partial charge on any atom is -0.391 e. The molecule has 1 atom stereocenters. The van der Waals surface area contributed by atoms with E-state index in [2.05, 4.69) is 14.9 Å². The molecule has 9 nitrogen and oxygen atoms in total. The second kappa shape index (κ2) is 6.70. The lowest BCUT2D eigenvalue weighted by molar-refractivity contribution is -0.384. The van der Waals surface area contributed by atoms with Gasteiger partial charge < -0.3 is 19.6 Å². The summed E-state index contributed by atoms with van der Waals surface area (Å²) in [6.45, 7) is 3.83. The zero-order valence-corrected chi connectivity index (χ0v) is 14.4. The first-order chi connectivity index (χ1) is 12.1. The number of β-amino-alcohol motifs (C(OH)–C–C–N with tert-alkyl or cyclic N) is 1. The fourth-order valence-electron chi connectivity index (χ4n) is 3.24. The van der Waals surface area contributed by atoms with Gasteiger partial charge in [0.15, 0.2) is 10.8 Å². The molecule has 134 valence electrons. The number of thiazole rings is 1. The van der Waals surface area contributed by atoms with Crippen LogP contribution in [0.2, 0.25) is 0 Å². The number of aliphatic hydroxyl groups excluding tert-OH is 1. The number of nitrogens with zero attached hydrogens (tertiary/aromatic N) is 5. The van der Waals surface area contributed by atoms with Gasteiger partial charge in [-0.2, -0.15) is 4.98 Å². The van der Waals surface area contributed by atoms with Crippen molar-refractivity contribution in [3.63, 3.8) is 0 Å². The van der Waals surface area contributed by atoms with E-state index in [0.29, 0.717) is 48.9 Å². The Balaban J connectivity index is 1.73. The largest absolute Gasteiger partial charge is 0.391 e. The van der Waals surface area contributed by atoms with E-state index in [4.69, 9.17) is 4.74 Å². The third kappa shape index (κ3) is 3.24. The van der Waals surface area contributed by atoms with Crippen molar-refractivity contribution in [1.82, 2.24) is 9.97 Å². The number of rotatable bonds is 3. The molecule has 0 aliphatic carbocycles. The molecule has 0 aromatic carbocycles. The maximum Gasteiger partial charge on any atom is 0.313 e. The molecule has 4 rings (SSSR count). The van der Waals surface area contributed by atoms with Gasteiger partial charge >= 0.3 is 5.69 Å². The van der Waals surface area contributed by atoms with Crippen LogP contribution in [-0.4, -0.2) is 65.5 Å². The zero-order valence-electron chi connectivity index (χ0n) is 13.6. The summed E-state index contributed by atoms with van der Waals surface area (Å²) in [6.07, 6.45) is 1.02. The van der Waals surface area contributed by atoms with Crippen molar-refractivity contribution in [2.45, 2.75) is 18.9 Å². The molecule has 10 heteroatoms. The van der Waals surface area contributed by atoms with Crippen LogP contribution in [0.3, 0.4) is 0 Å². The number of ether oxygens (including phenoxy) is 1. The number of piperidine rings is 1. The van der Waals surface area contributed by atoms with Gasteiger partial charge in [-0.15, -0.1) is 0 Å². The lowest BCUT2D eigenvalue weighted by Gasteiger charge is -2.30. The number of hydrogen-bond donors (Lipinski definition) is 1. The molecule has 2 fully saturated rings. The van der Waals surface area contributed by atoms with Gasteiger partial charge in [-0.05, 0) is 12.8 Å². The smallest absolute Gasteiger partial charge is 0.313 e. The number of pyridine rings is 1. The summed E-state index contributed by atoms with van der Waals surface area (Å²) in [6, 6.07) is 1.56. The van der Waals surface area contributed by atoms with Gasteiger partial charge in [0.2, 0.25) is 5.82 Å². The summed E-state index contributed by atoms with van der Waals surface area (Å²) in [4.78, 5) is 24.1. The van der Waals surface area contributed by atoms with E-state index in [0.717, 1.165) is 24.6 Å². The Hall–Kier alpha value is -2.04. The first-order valence-corrected chi connectivity index (χ1v) is 9.15. The highest BCUT2D eigenvalue weighted by atomic mass is 32.1. The quantitative estimate of drug-likeness (QED) is 0.643. The predicted molar refractivity (Wildman–Crippen MR) is 94.6 cm³/mol. The molecular weight excluding hydrogens is 346 g/mol. The van der Waals surface area contributed by atoms with E-state index in [-0.39, 0.29) is 5.69 Å². The van der Waals surface area contributed by atoms with Crippen LogP contribution in [0, 0.1) is 10.1 Å². The fourth-order valence-corrected chi connectivity index (χ4v) is 4.23. The van der Waals surface area contributed by atoms with Gasteiger partial charge in [0.25, 0.3) is 0 Å². The lowest BCUT2D eigenvalue weighted by atomic mass is 10.1. The normalized spacial score (nSPS) is 21.7. The maximum absolute atomic E-state index is 11.5. The molecule has 1 N–H and O–H groups in total. The minimum atomic E-state index is -0.481. The molecule has 0 spiro atoms. The van der Waals surface area contributed by atoms with E-state index >= 15 is 0 Å². The average Bonchev–Trinajstić information content (AvgIpc) is 3.04. The summed E-state index contributed by atoms with van der Waals surface area (Å²) >= 11 is 1.42. The number of hydrogen-bond acceptors (Lipinski definition) is 9. The molecule has 1 unspecified atom stereocenters. The number of nitro groups is 1. The van der Waals surface area contributed by atoms with E-state index in [1.807, 2.05) is 0 Å². The van der Waals surface area contributed by atoms with Crippen molar-refractivity contribution in [3.05, 3.63) is 16.2 Å². The molecule has 0 radical (unpaired) electrons. The van der Waals surface area contributed by atoms with Crippen molar-refractivity contribution < 1.29 is 14.8 Å². The third-order valence-electron chi connectivity index (χ3n) is 4.51. The van der Waals surface area contributed by atoms with Crippen molar-refractivity contribution in [2.75, 3.05) is 49.2 Å². The molecule has 0 saturated carbocycles. The van der Waals surface area contributed by atoms with Gasteiger partial charge in [-0.25, -0.2) is 4.98 Å². The Labute approximate surface area is 148 Å². The standard InChI is InChI=1S/C15H19N5O4S/c21-10-2-1-3-19(9-10)14-11(20(22)23)8-12-13(16-14)17-15(25-12)18-4-6-24-7-5-18/h8,10,21H,1-7,9H2. The van der Waals surface area contributed by atoms with Gasteiger partial charge in [-0.3, -0.25) is 10.1 Å². The topological polar surface area (TPSA) is 105 Å². The zero-order chi connectivity index (χ0) is 17.4. The Morgan fingerprint density at radius 1 is 1.28 bits per heavy atom. The molecule has 2 aromatic rings. The molecule has 2 aromatic heterocycles. The van der Waals surface area contributed by atoms with E-state index in [1.54, 1.807) is 11.0 Å². The molecular formula is C15H19N5O4S. The van der Waals surface area contributed by atoms with Crippen molar-refractivity contribution in [1.29, 1.82) is 0 Å². The van der Waals surface area contributed by atoms with Crippen LogP contribution in [0.1, 0.15) is 12.8 Å². The second-order valence-corrected chi connectivity index (χ2v) is 7.26. The number of anilines is 2. The van der Waals surface area contributed by atoms with Crippen LogP contribution in [0.25, 0.3) is 10.3 Å². The van der Waals surface area contributed by atoms with Crippen LogP contribution < -0.4 is 9.80 Å². The summed E-state index contributed by atoms with van der Waals surface area (Å²) in [5.74, 6) is 0.301.